The number of aromatic amines is 1. The molecule has 0 spiro atoms. The van der Waals surface area contributed by atoms with Crippen LogP contribution in [-0.4, -0.2) is 9.97 Å². The molecule has 6 aromatic rings. The predicted octanol–water partition coefficient (Wildman–Crippen LogP) is 6.30. The summed E-state index contributed by atoms with van der Waals surface area (Å²) in [6.45, 7) is 0. The number of benzene rings is 3. The Hall–Kier alpha value is -3.59. The van der Waals surface area contributed by atoms with Gasteiger partial charge >= 0.3 is 0 Å². The monoisotopic (exact) mass is 336 g/mol. The van der Waals surface area contributed by atoms with E-state index in [1.165, 1.54) is 21.5 Å². The zero-order chi connectivity index (χ0) is 17.3. The molecule has 0 radical (unpaired) electrons. The van der Waals surface area contributed by atoms with Gasteiger partial charge in [-0.3, -0.25) is 0 Å². The first kappa shape index (κ1) is 14.7. The van der Waals surface area contributed by atoms with Gasteiger partial charge in [-0.15, -0.1) is 0 Å². The zero-order valence-electron chi connectivity index (χ0n) is 14.0. The largest absolute Gasteiger partial charge is 0.456 e. The molecule has 3 heterocycles. The Labute approximate surface area is 149 Å². The first-order chi connectivity index (χ1) is 12.9. The van der Waals surface area contributed by atoms with Crippen LogP contribution in [0.25, 0.3) is 43.9 Å². The molecular formula is C23H16N2O. The summed E-state index contributed by atoms with van der Waals surface area (Å²) in [7, 11) is 0. The molecule has 6 rings (SSSR count). The van der Waals surface area contributed by atoms with Gasteiger partial charge in [-0.05, 0) is 30.3 Å². The third-order valence-corrected chi connectivity index (χ3v) is 4.56. The molecule has 0 aliphatic heterocycles. The van der Waals surface area contributed by atoms with Gasteiger partial charge in [0, 0.05) is 33.3 Å². The third-order valence-electron chi connectivity index (χ3n) is 4.56. The number of hydrogen-bond acceptors (Lipinski definition) is 2. The summed E-state index contributed by atoms with van der Waals surface area (Å²) < 4.78 is 5.65. The van der Waals surface area contributed by atoms with Crippen molar-refractivity contribution in [2.75, 3.05) is 0 Å². The highest BCUT2D eigenvalue weighted by molar-refractivity contribution is 6.05. The van der Waals surface area contributed by atoms with Crippen molar-refractivity contribution in [3.05, 3.63) is 91.1 Å². The van der Waals surface area contributed by atoms with Crippen LogP contribution >= 0.6 is 0 Å². The lowest BCUT2D eigenvalue weighted by Crippen LogP contribution is -1.71. The summed E-state index contributed by atoms with van der Waals surface area (Å²) in [4.78, 5) is 7.53. The summed E-state index contributed by atoms with van der Waals surface area (Å²) in [5, 5.41) is 4.82. The Morgan fingerprint density at radius 1 is 0.577 bits per heavy atom. The number of nitrogens with zero attached hydrogens (tertiary/aromatic N) is 1. The summed E-state index contributed by atoms with van der Waals surface area (Å²) >= 11 is 0. The SMILES string of the molecule is c1ccc2c(c1)[nH]c1ncccc12.c1ccc2c(c1)oc1ccccc12. The minimum absolute atomic E-state index is 0.962. The van der Waals surface area contributed by atoms with Crippen LogP contribution in [0, 0.1) is 0 Å². The second kappa shape index (κ2) is 6.05. The molecule has 124 valence electrons. The molecule has 3 aromatic heterocycles. The van der Waals surface area contributed by atoms with Crippen molar-refractivity contribution in [3.8, 4) is 0 Å². The molecule has 0 amide bonds. The fraction of sp³-hybridized carbons (Fsp3) is 0. The predicted molar refractivity (Wildman–Crippen MR) is 107 cm³/mol. The summed E-state index contributed by atoms with van der Waals surface area (Å²) in [5.74, 6) is 0. The number of fused-ring (bicyclic) bond motifs is 6. The topological polar surface area (TPSA) is 41.8 Å². The smallest absolute Gasteiger partial charge is 0.138 e. The van der Waals surface area contributed by atoms with E-state index in [-0.39, 0.29) is 0 Å². The Bertz CT molecular complexity index is 1140. The van der Waals surface area contributed by atoms with E-state index in [4.69, 9.17) is 4.42 Å². The number of aromatic nitrogens is 2. The fourth-order valence-electron chi connectivity index (χ4n) is 3.35. The number of H-pyrrole nitrogens is 1. The van der Waals surface area contributed by atoms with E-state index in [1.54, 1.807) is 6.20 Å². The van der Waals surface area contributed by atoms with Crippen molar-refractivity contribution in [1.29, 1.82) is 0 Å². The van der Waals surface area contributed by atoms with Crippen molar-refractivity contribution in [2.24, 2.45) is 0 Å². The van der Waals surface area contributed by atoms with Gasteiger partial charge in [0.1, 0.15) is 16.8 Å². The quantitative estimate of drug-likeness (QED) is 0.353. The average Bonchev–Trinajstić information content (AvgIpc) is 3.27. The molecular weight excluding hydrogens is 320 g/mol. The van der Waals surface area contributed by atoms with Gasteiger partial charge in [-0.25, -0.2) is 4.98 Å². The number of hydrogen-bond donors (Lipinski definition) is 1. The fourth-order valence-corrected chi connectivity index (χ4v) is 3.35. The van der Waals surface area contributed by atoms with E-state index in [0.29, 0.717) is 0 Å². The lowest BCUT2D eigenvalue weighted by molar-refractivity contribution is 0.669. The lowest BCUT2D eigenvalue weighted by Gasteiger charge is -1.87. The molecule has 1 N–H and O–H groups in total. The molecule has 0 atom stereocenters. The van der Waals surface area contributed by atoms with Crippen LogP contribution in [0.15, 0.2) is 95.5 Å². The molecule has 0 saturated heterocycles. The molecule has 0 saturated carbocycles. The minimum atomic E-state index is 0.962. The number of rotatable bonds is 0. The van der Waals surface area contributed by atoms with Gasteiger partial charge in [-0.2, -0.15) is 0 Å². The second-order valence-electron chi connectivity index (χ2n) is 6.16. The molecule has 3 nitrogen and oxygen atoms in total. The summed E-state index contributed by atoms with van der Waals surface area (Å²) in [6.07, 6.45) is 1.80. The molecule has 0 aliphatic carbocycles. The van der Waals surface area contributed by atoms with Crippen LogP contribution in [0.3, 0.4) is 0 Å². The highest BCUT2D eigenvalue weighted by Crippen LogP contribution is 2.27. The minimum Gasteiger partial charge on any atom is -0.456 e. The Kier molecular flexibility index (Phi) is 3.42. The Morgan fingerprint density at radius 2 is 1.15 bits per heavy atom. The first-order valence-corrected chi connectivity index (χ1v) is 8.58. The van der Waals surface area contributed by atoms with Gasteiger partial charge in [-0.1, -0.05) is 54.6 Å². The maximum absolute atomic E-state index is 5.65. The second-order valence-corrected chi connectivity index (χ2v) is 6.16. The van der Waals surface area contributed by atoms with Gasteiger partial charge in [0.2, 0.25) is 0 Å². The van der Waals surface area contributed by atoms with E-state index < -0.39 is 0 Å². The first-order valence-electron chi connectivity index (χ1n) is 8.58. The van der Waals surface area contributed by atoms with Crippen molar-refractivity contribution < 1.29 is 4.42 Å². The van der Waals surface area contributed by atoms with Crippen molar-refractivity contribution in [1.82, 2.24) is 9.97 Å². The molecule has 3 heteroatoms. The van der Waals surface area contributed by atoms with Crippen LogP contribution in [0.5, 0.6) is 0 Å². The van der Waals surface area contributed by atoms with Gasteiger partial charge in [0.15, 0.2) is 0 Å². The van der Waals surface area contributed by atoms with Gasteiger partial charge in [0.05, 0.1) is 0 Å². The molecule has 3 aromatic carbocycles. The van der Waals surface area contributed by atoms with Gasteiger partial charge in [0.25, 0.3) is 0 Å². The van der Waals surface area contributed by atoms with E-state index >= 15 is 0 Å². The highest BCUT2D eigenvalue weighted by atomic mass is 16.3. The van der Waals surface area contributed by atoms with Crippen LogP contribution in [-0.2, 0) is 0 Å². The average molecular weight is 336 g/mol. The van der Waals surface area contributed by atoms with Crippen molar-refractivity contribution in [3.63, 3.8) is 0 Å². The summed E-state index contributed by atoms with van der Waals surface area (Å²) in [6, 6.07) is 28.5. The van der Waals surface area contributed by atoms with E-state index in [1.807, 2.05) is 54.6 Å². The van der Waals surface area contributed by atoms with Crippen LogP contribution < -0.4 is 0 Å². The molecule has 0 bridgehead atoms. The highest BCUT2D eigenvalue weighted by Gasteiger charge is 2.03. The lowest BCUT2D eigenvalue weighted by atomic mass is 10.2. The van der Waals surface area contributed by atoms with Crippen LogP contribution in [0.4, 0.5) is 0 Å². The number of para-hydroxylation sites is 3. The standard InChI is InChI=1S/C12H8O.C11H8N2/c1-3-7-11-9(5-1)10-6-2-4-8-12(10)13-11;1-2-6-10-8(4-1)9-5-3-7-12-11(9)13-10/h1-8H;1-7H,(H,12,13). The Balaban J connectivity index is 0.000000115. The van der Waals surface area contributed by atoms with Crippen molar-refractivity contribution >= 4 is 43.9 Å². The van der Waals surface area contributed by atoms with Crippen molar-refractivity contribution in [2.45, 2.75) is 0 Å². The number of furan rings is 1. The van der Waals surface area contributed by atoms with E-state index in [2.05, 4.69) is 40.3 Å². The zero-order valence-corrected chi connectivity index (χ0v) is 14.0. The number of nitrogens with one attached hydrogen (secondary N) is 1. The maximum Gasteiger partial charge on any atom is 0.138 e. The molecule has 26 heavy (non-hydrogen) atoms. The third kappa shape index (κ3) is 2.42. The van der Waals surface area contributed by atoms with Crippen LogP contribution in [0.1, 0.15) is 0 Å². The van der Waals surface area contributed by atoms with Gasteiger partial charge < -0.3 is 9.40 Å². The molecule has 0 fully saturated rings. The Morgan fingerprint density at radius 3 is 1.88 bits per heavy atom. The normalized spacial score (nSPS) is 11.1. The number of pyridine rings is 1. The molecule has 0 unspecified atom stereocenters. The van der Waals surface area contributed by atoms with E-state index in [0.717, 1.165) is 22.3 Å². The maximum atomic E-state index is 5.65. The van der Waals surface area contributed by atoms with Crippen LogP contribution in [0.2, 0.25) is 0 Å². The molecule has 0 aliphatic rings. The van der Waals surface area contributed by atoms with E-state index in [9.17, 15) is 0 Å². The summed E-state index contributed by atoms with van der Waals surface area (Å²) in [5.41, 5.74) is 4.03.